The van der Waals surface area contributed by atoms with Gasteiger partial charge in [-0.2, -0.15) is 0 Å². The fraction of sp³-hybridized carbons (Fsp3) is 0.333. The predicted molar refractivity (Wildman–Crippen MR) is 179 cm³/mol. The zero-order chi connectivity index (χ0) is 33.9. The van der Waals surface area contributed by atoms with Gasteiger partial charge in [-0.3, -0.25) is 9.59 Å². The van der Waals surface area contributed by atoms with Gasteiger partial charge in [0.2, 0.25) is 5.91 Å². The molecule has 0 bridgehead atoms. The van der Waals surface area contributed by atoms with Crippen LogP contribution >= 0.6 is 23.1 Å². The number of benzene rings is 2. The number of aromatic nitrogens is 3. The summed E-state index contributed by atoms with van der Waals surface area (Å²) in [5.74, 6) is -1.01. The van der Waals surface area contributed by atoms with Crippen LogP contribution < -0.4 is 15.4 Å². The Bertz CT molecular complexity index is 1720. The van der Waals surface area contributed by atoms with Gasteiger partial charge in [-0.1, -0.05) is 54.2 Å². The first-order valence-electron chi connectivity index (χ1n) is 15.0. The molecule has 4 aromatic rings. The number of carbonyl (C=O) groups is 4. The van der Waals surface area contributed by atoms with Crippen LogP contribution in [0.3, 0.4) is 0 Å². The molecule has 2 amide bonds. The van der Waals surface area contributed by atoms with Crippen LogP contribution in [0.1, 0.15) is 68.1 Å². The number of nitrogens with one attached hydrogen (secondary N) is 2. The lowest BCUT2D eigenvalue weighted by Gasteiger charge is -2.15. The highest BCUT2D eigenvalue weighted by Gasteiger charge is 2.29. The Hall–Kier alpha value is -4.69. The highest BCUT2D eigenvalue weighted by Crippen LogP contribution is 2.35. The van der Waals surface area contributed by atoms with E-state index in [-0.39, 0.29) is 41.1 Å². The van der Waals surface area contributed by atoms with Crippen LogP contribution in [0, 0.1) is 6.92 Å². The van der Waals surface area contributed by atoms with Crippen LogP contribution in [0.25, 0.3) is 0 Å². The first kappa shape index (κ1) is 35.2. The third-order valence-corrected chi connectivity index (χ3v) is 9.26. The van der Waals surface area contributed by atoms with Crippen molar-refractivity contribution in [2.75, 3.05) is 25.6 Å². The summed E-state index contributed by atoms with van der Waals surface area (Å²) in [6.45, 7) is 7.56. The Labute approximate surface area is 281 Å². The van der Waals surface area contributed by atoms with Crippen molar-refractivity contribution in [1.82, 2.24) is 20.1 Å². The Morgan fingerprint density at radius 2 is 1.64 bits per heavy atom. The van der Waals surface area contributed by atoms with Crippen molar-refractivity contribution in [3.05, 3.63) is 87.6 Å². The van der Waals surface area contributed by atoms with Gasteiger partial charge in [0.1, 0.15) is 15.6 Å². The van der Waals surface area contributed by atoms with Crippen molar-refractivity contribution in [2.45, 2.75) is 57.6 Å². The minimum Gasteiger partial charge on any atom is -0.496 e. The minimum absolute atomic E-state index is 0.0911. The molecule has 0 aliphatic carbocycles. The SMILES string of the molecule is CCOC(=O)c1sc(NC(=O)[C@H](C)Sc2nnc(CNC(=O)c3ccccc3OC)n2CCc2ccccc2)c(C(=O)OCC)c1C. The number of carbonyl (C=O) groups excluding carboxylic acids is 4. The summed E-state index contributed by atoms with van der Waals surface area (Å²) in [7, 11) is 1.50. The summed E-state index contributed by atoms with van der Waals surface area (Å²) in [6.07, 6.45) is 0.661. The maximum absolute atomic E-state index is 13.5. The molecule has 0 fully saturated rings. The molecule has 0 spiro atoms. The molecule has 47 heavy (non-hydrogen) atoms. The number of amides is 2. The quantitative estimate of drug-likeness (QED) is 0.125. The van der Waals surface area contributed by atoms with Crippen LogP contribution in [-0.2, 0) is 33.8 Å². The maximum Gasteiger partial charge on any atom is 0.348 e. The molecule has 248 valence electrons. The maximum atomic E-state index is 13.5. The van der Waals surface area contributed by atoms with E-state index >= 15 is 0 Å². The molecule has 0 saturated heterocycles. The number of anilines is 1. The fourth-order valence-electron chi connectivity index (χ4n) is 4.60. The molecular weight excluding hydrogens is 643 g/mol. The van der Waals surface area contributed by atoms with Crippen molar-refractivity contribution in [1.29, 1.82) is 0 Å². The molecule has 0 saturated carbocycles. The highest BCUT2D eigenvalue weighted by atomic mass is 32.2. The highest BCUT2D eigenvalue weighted by molar-refractivity contribution is 8.00. The first-order valence-corrected chi connectivity index (χ1v) is 16.7. The lowest BCUT2D eigenvalue weighted by Crippen LogP contribution is -2.26. The molecular formula is C33H37N5O7S2. The van der Waals surface area contributed by atoms with Gasteiger partial charge in [0, 0.05) is 6.54 Å². The van der Waals surface area contributed by atoms with E-state index in [2.05, 4.69) is 20.8 Å². The average molecular weight is 680 g/mol. The van der Waals surface area contributed by atoms with E-state index < -0.39 is 23.1 Å². The molecule has 1 atom stereocenters. The van der Waals surface area contributed by atoms with Crippen molar-refractivity contribution in [3.8, 4) is 5.75 Å². The predicted octanol–water partition coefficient (Wildman–Crippen LogP) is 5.30. The number of hydrogen-bond donors (Lipinski definition) is 2. The molecule has 14 heteroatoms. The summed E-state index contributed by atoms with van der Waals surface area (Å²) >= 11 is 2.15. The second-order valence-electron chi connectivity index (χ2n) is 10.1. The van der Waals surface area contributed by atoms with Crippen molar-refractivity contribution in [2.24, 2.45) is 0 Å². The summed E-state index contributed by atoms with van der Waals surface area (Å²) in [5, 5.41) is 14.4. The van der Waals surface area contributed by atoms with Crippen LogP contribution in [0.5, 0.6) is 5.75 Å². The number of esters is 2. The molecule has 2 aromatic heterocycles. The second-order valence-corrected chi connectivity index (χ2v) is 12.4. The van der Waals surface area contributed by atoms with Gasteiger partial charge in [-0.25, -0.2) is 9.59 Å². The first-order chi connectivity index (χ1) is 22.7. The van der Waals surface area contributed by atoms with Crippen LogP contribution in [0.4, 0.5) is 5.00 Å². The van der Waals surface area contributed by atoms with E-state index in [4.69, 9.17) is 14.2 Å². The summed E-state index contributed by atoms with van der Waals surface area (Å²) in [4.78, 5) is 52.0. The number of thioether (sulfide) groups is 1. The Kier molecular flexibility index (Phi) is 12.5. The van der Waals surface area contributed by atoms with E-state index in [9.17, 15) is 19.2 Å². The average Bonchev–Trinajstić information content (AvgIpc) is 3.61. The number of thiophene rings is 1. The van der Waals surface area contributed by atoms with Crippen molar-refractivity contribution in [3.63, 3.8) is 0 Å². The lowest BCUT2D eigenvalue weighted by atomic mass is 10.1. The monoisotopic (exact) mass is 679 g/mol. The van der Waals surface area contributed by atoms with E-state index in [1.54, 1.807) is 52.0 Å². The van der Waals surface area contributed by atoms with E-state index in [1.165, 1.54) is 18.9 Å². The number of rotatable bonds is 15. The molecule has 12 nitrogen and oxygen atoms in total. The largest absolute Gasteiger partial charge is 0.496 e. The summed E-state index contributed by atoms with van der Waals surface area (Å²) in [5.41, 5.74) is 1.98. The molecule has 0 radical (unpaired) electrons. The molecule has 0 aliphatic rings. The second kappa shape index (κ2) is 16.7. The van der Waals surface area contributed by atoms with Gasteiger partial charge >= 0.3 is 11.9 Å². The third-order valence-electron chi connectivity index (χ3n) is 6.99. The fourth-order valence-corrected chi connectivity index (χ4v) is 6.59. The van der Waals surface area contributed by atoms with Crippen molar-refractivity contribution >= 4 is 51.9 Å². The van der Waals surface area contributed by atoms with E-state index in [0.29, 0.717) is 40.8 Å². The molecule has 2 aromatic carbocycles. The van der Waals surface area contributed by atoms with Gasteiger partial charge in [0.15, 0.2) is 11.0 Å². The van der Waals surface area contributed by atoms with Gasteiger partial charge in [0.25, 0.3) is 5.91 Å². The zero-order valence-corrected chi connectivity index (χ0v) is 28.5. The van der Waals surface area contributed by atoms with Gasteiger partial charge in [-0.05, 0) is 57.4 Å². The van der Waals surface area contributed by atoms with Crippen LogP contribution in [0.2, 0.25) is 0 Å². The van der Waals surface area contributed by atoms with Gasteiger partial charge in [-0.15, -0.1) is 21.5 Å². The zero-order valence-electron chi connectivity index (χ0n) is 26.8. The molecule has 0 unspecified atom stereocenters. The molecule has 2 heterocycles. The Balaban J connectivity index is 1.55. The molecule has 2 N–H and O–H groups in total. The minimum atomic E-state index is -0.686. The molecule has 0 aliphatic heterocycles. The summed E-state index contributed by atoms with van der Waals surface area (Å²) in [6, 6.07) is 16.8. The van der Waals surface area contributed by atoms with Gasteiger partial charge < -0.3 is 29.4 Å². The topological polar surface area (TPSA) is 151 Å². The number of ether oxygens (including phenoxy) is 3. The third kappa shape index (κ3) is 8.77. The molecule has 4 rings (SSSR count). The standard InChI is InChI=1S/C33H37N5O7S2/c1-6-44-31(41)26-20(3)27(32(42)45-7-2)47-30(26)35-28(39)21(4)46-33-37-36-25(38(33)18-17-22-13-9-8-10-14-22)19-34-29(40)23-15-11-12-16-24(23)43-5/h8-16,21H,6-7,17-19H2,1-5H3,(H,34,40)(H,35,39)/t21-/m0/s1. The number of para-hydroxylation sites is 1. The number of hydrogen-bond acceptors (Lipinski definition) is 11. The van der Waals surface area contributed by atoms with Gasteiger partial charge in [0.05, 0.1) is 43.2 Å². The normalized spacial score (nSPS) is 11.4. The number of aryl methyl sites for hydroxylation is 1. The Morgan fingerprint density at radius 1 is 0.957 bits per heavy atom. The van der Waals surface area contributed by atoms with E-state index in [0.717, 1.165) is 16.9 Å². The lowest BCUT2D eigenvalue weighted by molar-refractivity contribution is -0.115. The van der Waals surface area contributed by atoms with Crippen LogP contribution in [-0.4, -0.2) is 64.1 Å². The van der Waals surface area contributed by atoms with Crippen LogP contribution in [0.15, 0.2) is 59.8 Å². The Morgan fingerprint density at radius 3 is 2.34 bits per heavy atom. The van der Waals surface area contributed by atoms with E-state index in [1.807, 2.05) is 34.9 Å². The number of methoxy groups -OCH3 is 1. The number of nitrogens with zero attached hydrogens (tertiary/aromatic N) is 3. The summed E-state index contributed by atoms with van der Waals surface area (Å²) < 4.78 is 17.5. The van der Waals surface area contributed by atoms with Crippen molar-refractivity contribution < 1.29 is 33.4 Å². The smallest absolute Gasteiger partial charge is 0.348 e.